The van der Waals surface area contributed by atoms with Gasteiger partial charge in [0.1, 0.15) is 0 Å². The summed E-state index contributed by atoms with van der Waals surface area (Å²) in [7, 11) is 0. The van der Waals surface area contributed by atoms with Gasteiger partial charge in [-0.2, -0.15) is 4.57 Å². The molecule has 26 heavy (non-hydrogen) atoms. The number of hydrogen-bond donors (Lipinski definition) is 2. The number of pyridine rings is 1. The second kappa shape index (κ2) is 6.70. The number of nitro groups is 1. The molecule has 2 amide bonds. The molecular formula is C18H15N4O4+. The first-order valence-electron chi connectivity index (χ1n) is 7.79. The van der Waals surface area contributed by atoms with Crippen molar-refractivity contribution in [2.75, 3.05) is 0 Å². The van der Waals surface area contributed by atoms with Gasteiger partial charge in [0.05, 0.1) is 16.4 Å². The Labute approximate surface area is 148 Å². The van der Waals surface area contributed by atoms with Crippen LogP contribution in [0.5, 0.6) is 0 Å². The van der Waals surface area contributed by atoms with Crippen LogP contribution >= 0.6 is 0 Å². The smallest absolute Gasteiger partial charge is 0.286 e. The minimum absolute atomic E-state index is 0.00235. The molecule has 0 aliphatic carbocycles. The highest BCUT2D eigenvalue weighted by Gasteiger charge is 2.47. The molecule has 1 fully saturated rings. The fourth-order valence-electron chi connectivity index (χ4n) is 3.09. The molecule has 0 spiro atoms. The summed E-state index contributed by atoms with van der Waals surface area (Å²) in [4.78, 5) is 35.1. The summed E-state index contributed by atoms with van der Waals surface area (Å²) < 4.78 is 1.67. The minimum atomic E-state index is -0.818. The topological polar surface area (TPSA) is 117 Å². The highest BCUT2D eigenvalue weighted by atomic mass is 16.6. The summed E-state index contributed by atoms with van der Waals surface area (Å²) >= 11 is 0. The SMILES string of the molecule is Cc1ccc[n+]([C@H]2C(=O)NC(=O)C(=C=N)[C@@H]2c2ccc([N+](=O)[O-])cc2)c1. The van der Waals surface area contributed by atoms with Gasteiger partial charge >= 0.3 is 0 Å². The second-order valence-electron chi connectivity index (χ2n) is 5.96. The fraction of sp³-hybridized carbons (Fsp3) is 0.167. The molecule has 2 N–H and O–H groups in total. The number of rotatable bonds is 3. The summed E-state index contributed by atoms with van der Waals surface area (Å²) in [6, 6.07) is 8.45. The Bertz CT molecular complexity index is 961. The zero-order valence-electron chi connectivity index (χ0n) is 13.8. The normalized spacial score (nSPS) is 19.7. The molecule has 1 saturated heterocycles. The zero-order chi connectivity index (χ0) is 18.8. The number of hydrogen-bond acceptors (Lipinski definition) is 5. The molecule has 1 aliphatic rings. The quantitative estimate of drug-likeness (QED) is 0.217. The third-order valence-corrected chi connectivity index (χ3v) is 4.27. The summed E-state index contributed by atoms with van der Waals surface area (Å²) in [5.41, 5.74) is 1.34. The fourth-order valence-corrected chi connectivity index (χ4v) is 3.09. The van der Waals surface area contributed by atoms with Crippen molar-refractivity contribution >= 4 is 23.4 Å². The number of nitrogens with zero attached hydrogens (tertiary/aromatic N) is 2. The van der Waals surface area contributed by atoms with Crippen LogP contribution in [0, 0.1) is 22.4 Å². The van der Waals surface area contributed by atoms with Crippen LogP contribution in [0.1, 0.15) is 23.1 Å². The van der Waals surface area contributed by atoms with E-state index in [9.17, 15) is 19.7 Å². The highest BCUT2D eigenvalue weighted by molar-refractivity contribution is 6.13. The predicted octanol–water partition coefficient (Wildman–Crippen LogP) is 1.35. The molecule has 2 atom stereocenters. The first-order valence-corrected chi connectivity index (χ1v) is 7.79. The number of imide groups is 1. The molecule has 130 valence electrons. The van der Waals surface area contributed by atoms with E-state index in [1.165, 1.54) is 24.3 Å². The standard InChI is InChI=1S/C18H14N4O4/c1-11-3-2-8-21(10-11)16-15(14(9-19)17(23)20-18(16)24)12-4-6-13(7-5-12)22(25)26/h2-8,10,15-16,19H,1H3/p+1/t15-,16+/m0/s1. The summed E-state index contributed by atoms with van der Waals surface area (Å²) in [6.07, 6.45) is 3.47. The number of non-ortho nitro benzene ring substituents is 1. The third kappa shape index (κ3) is 3.01. The number of carbonyl (C=O) groups excluding carboxylic acids is 2. The maximum Gasteiger partial charge on any atom is 0.296 e. The lowest BCUT2D eigenvalue weighted by Crippen LogP contribution is -2.57. The van der Waals surface area contributed by atoms with Crippen molar-refractivity contribution < 1.29 is 19.1 Å². The second-order valence-corrected chi connectivity index (χ2v) is 5.96. The van der Waals surface area contributed by atoms with Gasteiger partial charge in [-0.3, -0.25) is 30.4 Å². The summed E-state index contributed by atoms with van der Waals surface area (Å²) in [5, 5.41) is 20.6. The average molecular weight is 351 g/mol. The zero-order valence-corrected chi connectivity index (χ0v) is 13.8. The number of piperidine rings is 1. The number of aromatic nitrogens is 1. The van der Waals surface area contributed by atoms with Crippen molar-refractivity contribution in [3.05, 3.63) is 75.6 Å². The number of carbonyl (C=O) groups is 2. The number of nitro benzene ring substituents is 1. The van der Waals surface area contributed by atoms with E-state index >= 15 is 0 Å². The van der Waals surface area contributed by atoms with Gasteiger partial charge in [-0.1, -0.05) is 12.1 Å². The van der Waals surface area contributed by atoms with Crippen LogP contribution in [-0.2, 0) is 9.59 Å². The molecule has 8 nitrogen and oxygen atoms in total. The molecule has 1 aromatic heterocycles. The molecule has 0 saturated carbocycles. The van der Waals surface area contributed by atoms with Crippen molar-refractivity contribution in [3.63, 3.8) is 0 Å². The van der Waals surface area contributed by atoms with Crippen LogP contribution in [0.3, 0.4) is 0 Å². The summed E-state index contributed by atoms with van der Waals surface area (Å²) in [5.74, 6) is 0.164. The van der Waals surface area contributed by atoms with Gasteiger partial charge in [-0.15, -0.1) is 0 Å². The van der Waals surface area contributed by atoms with E-state index in [4.69, 9.17) is 5.41 Å². The van der Waals surface area contributed by atoms with Gasteiger partial charge in [0, 0.05) is 23.8 Å². The Kier molecular flexibility index (Phi) is 4.43. The van der Waals surface area contributed by atoms with Crippen molar-refractivity contribution in [1.29, 1.82) is 5.41 Å². The molecule has 0 unspecified atom stereocenters. The molecule has 2 aromatic rings. The Balaban J connectivity index is 2.16. The van der Waals surface area contributed by atoms with E-state index in [-0.39, 0.29) is 11.3 Å². The van der Waals surface area contributed by atoms with Crippen LogP contribution in [0.15, 0.2) is 54.4 Å². The number of amides is 2. The van der Waals surface area contributed by atoms with Gasteiger partial charge in [0.2, 0.25) is 6.04 Å². The van der Waals surface area contributed by atoms with Gasteiger partial charge in [0.25, 0.3) is 17.5 Å². The van der Waals surface area contributed by atoms with Crippen molar-refractivity contribution in [1.82, 2.24) is 5.32 Å². The van der Waals surface area contributed by atoms with Crippen molar-refractivity contribution in [3.8, 4) is 0 Å². The Morgan fingerprint density at radius 3 is 2.50 bits per heavy atom. The van der Waals surface area contributed by atoms with Crippen LogP contribution in [-0.4, -0.2) is 22.6 Å². The maximum atomic E-state index is 12.6. The van der Waals surface area contributed by atoms with Gasteiger partial charge in [-0.25, -0.2) is 0 Å². The molecular weight excluding hydrogens is 336 g/mol. The maximum absolute atomic E-state index is 12.6. The molecule has 1 aromatic carbocycles. The van der Waals surface area contributed by atoms with Gasteiger partial charge in [-0.05, 0) is 24.4 Å². The first kappa shape index (κ1) is 17.2. The van der Waals surface area contributed by atoms with Crippen LogP contribution in [0.4, 0.5) is 5.69 Å². The van der Waals surface area contributed by atoms with Gasteiger partial charge < -0.3 is 0 Å². The minimum Gasteiger partial charge on any atom is -0.286 e. The average Bonchev–Trinajstić information content (AvgIpc) is 2.61. The largest absolute Gasteiger partial charge is 0.296 e. The van der Waals surface area contributed by atoms with E-state index in [2.05, 4.69) is 11.2 Å². The Morgan fingerprint density at radius 1 is 1.23 bits per heavy atom. The molecule has 0 radical (unpaired) electrons. The lowest BCUT2D eigenvalue weighted by Gasteiger charge is -2.27. The number of nitrogens with one attached hydrogen (secondary N) is 2. The summed E-state index contributed by atoms with van der Waals surface area (Å²) in [6.45, 7) is 1.87. The van der Waals surface area contributed by atoms with Crippen LogP contribution < -0.4 is 9.88 Å². The number of benzene rings is 1. The predicted molar refractivity (Wildman–Crippen MR) is 90.6 cm³/mol. The number of aryl methyl sites for hydroxylation is 1. The van der Waals surface area contributed by atoms with E-state index in [1.54, 1.807) is 23.0 Å². The molecule has 1 aliphatic heterocycles. The van der Waals surface area contributed by atoms with Crippen molar-refractivity contribution in [2.24, 2.45) is 0 Å². The van der Waals surface area contributed by atoms with E-state index in [1.807, 2.05) is 13.0 Å². The lowest BCUT2D eigenvalue weighted by molar-refractivity contribution is -0.711. The molecule has 0 bridgehead atoms. The Hall–Kier alpha value is -3.64. The first-order chi connectivity index (χ1) is 12.4. The molecule has 3 rings (SSSR count). The van der Waals surface area contributed by atoms with Crippen molar-refractivity contribution in [2.45, 2.75) is 18.9 Å². The van der Waals surface area contributed by atoms with Crippen LogP contribution in [0.2, 0.25) is 0 Å². The Morgan fingerprint density at radius 2 is 1.92 bits per heavy atom. The van der Waals surface area contributed by atoms with E-state index in [0.717, 1.165) is 5.56 Å². The lowest BCUT2D eigenvalue weighted by atomic mass is 9.81. The monoisotopic (exact) mass is 351 g/mol. The van der Waals surface area contributed by atoms with E-state index in [0.29, 0.717) is 5.56 Å². The van der Waals surface area contributed by atoms with Gasteiger partial charge in [0.15, 0.2) is 12.4 Å². The molecule has 2 heterocycles. The molecule has 8 heteroatoms. The highest BCUT2D eigenvalue weighted by Crippen LogP contribution is 2.35. The third-order valence-electron chi connectivity index (χ3n) is 4.27. The van der Waals surface area contributed by atoms with E-state index < -0.39 is 28.7 Å². The van der Waals surface area contributed by atoms with Crippen LogP contribution in [0.25, 0.3) is 0 Å².